The molecule has 2 rings (SSSR count). The summed E-state index contributed by atoms with van der Waals surface area (Å²) >= 11 is 4.93. The number of carbonyl (C=O) groups is 1. The van der Waals surface area contributed by atoms with E-state index in [-0.39, 0.29) is 5.92 Å². The van der Waals surface area contributed by atoms with Crippen LogP contribution in [0.3, 0.4) is 0 Å². The van der Waals surface area contributed by atoms with Crippen molar-refractivity contribution in [1.82, 2.24) is 4.90 Å². The summed E-state index contributed by atoms with van der Waals surface area (Å²) in [5.74, 6) is 0.634. The Morgan fingerprint density at radius 3 is 2.22 bits per heavy atom. The van der Waals surface area contributed by atoms with Crippen LogP contribution in [-0.4, -0.2) is 28.4 Å². The van der Waals surface area contributed by atoms with E-state index in [0.29, 0.717) is 23.4 Å². The summed E-state index contributed by atoms with van der Waals surface area (Å²) in [7, 11) is 0. The standard InChI is InChI=1S/C14H24N2OS/c15-13(18)9-10-16(12-7-8-12)14(17)11-5-3-1-2-4-6-11/h11-12H,1-10H2,(H2,15,18). The average Bonchev–Trinajstić information content (AvgIpc) is 3.15. The third-order valence-electron chi connectivity index (χ3n) is 4.07. The van der Waals surface area contributed by atoms with Gasteiger partial charge in [-0.1, -0.05) is 37.9 Å². The molecule has 2 N–H and O–H groups in total. The van der Waals surface area contributed by atoms with Crippen LogP contribution in [0.15, 0.2) is 0 Å². The first-order chi connectivity index (χ1) is 8.68. The van der Waals surface area contributed by atoms with Crippen molar-refractivity contribution in [2.24, 2.45) is 11.7 Å². The van der Waals surface area contributed by atoms with Crippen LogP contribution in [0.25, 0.3) is 0 Å². The Balaban J connectivity index is 1.91. The summed E-state index contributed by atoms with van der Waals surface area (Å²) in [5, 5.41) is 0. The van der Waals surface area contributed by atoms with Gasteiger partial charge in [-0.05, 0) is 25.7 Å². The Hall–Kier alpha value is -0.640. The van der Waals surface area contributed by atoms with Gasteiger partial charge in [0.1, 0.15) is 0 Å². The number of amides is 1. The van der Waals surface area contributed by atoms with E-state index in [4.69, 9.17) is 18.0 Å². The maximum absolute atomic E-state index is 12.6. The first-order valence-electron chi connectivity index (χ1n) is 7.27. The molecule has 0 heterocycles. The van der Waals surface area contributed by atoms with Gasteiger partial charge in [0.15, 0.2) is 0 Å². The van der Waals surface area contributed by atoms with Crippen molar-refractivity contribution in [1.29, 1.82) is 0 Å². The minimum atomic E-state index is 0.263. The lowest BCUT2D eigenvalue weighted by atomic mass is 9.98. The first-order valence-corrected chi connectivity index (χ1v) is 7.68. The Labute approximate surface area is 115 Å². The van der Waals surface area contributed by atoms with Crippen molar-refractivity contribution in [2.45, 2.75) is 63.8 Å². The molecule has 2 fully saturated rings. The molecule has 102 valence electrons. The van der Waals surface area contributed by atoms with E-state index in [1.165, 1.54) is 25.7 Å². The lowest BCUT2D eigenvalue weighted by Gasteiger charge is -2.26. The summed E-state index contributed by atoms with van der Waals surface area (Å²) in [6.07, 6.45) is 10.2. The van der Waals surface area contributed by atoms with E-state index in [1.807, 2.05) is 0 Å². The van der Waals surface area contributed by atoms with Crippen molar-refractivity contribution in [2.75, 3.05) is 6.54 Å². The molecule has 0 bridgehead atoms. The predicted octanol–water partition coefficient (Wildman–Crippen LogP) is 2.62. The zero-order valence-electron chi connectivity index (χ0n) is 11.1. The molecule has 0 atom stereocenters. The van der Waals surface area contributed by atoms with Gasteiger partial charge in [0.25, 0.3) is 0 Å². The van der Waals surface area contributed by atoms with Crippen LogP contribution in [0.2, 0.25) is 0 Å². The van der Waals surface area contributed by atoms with E-state index in [0.717, 1.165) is 32.2 Å². The largest absolute Gasteiger partial charge is 0.393 e. The van der Waals surface area contributed by atoms with Crippen LogP contribution in [0.5, 0.6) is 0 Å². The maximum Gasteiger partial charge on any atom is 0.225 e. The molecule has 0 unspecified atom stereocenters. The van der Waals surface area contributed by atoms with Gasteiger partial charge in [-0.25, -0.2) is 0 Å². The normalized spacial score (nSPS) is 21.3. The van der Waals surface area contributed by atoms with Gasteiger partial charge in [0, 0.05) is 24.9 Å². The van der Waals surface area contributed by atoms with Crippen molar-refractivity contribution < 1.29 is 4.79 Å². The number of hydrogen-bond donors (Lipinski definition) is 1. The summed E-state index contributed by atoms with van der Waals surface area (Å²) in [6.45, 7) is 0.731. The van der Waals surface area contributed by atoms with Gasteiger partial charge < -0.3 is 10.6 Å². The molecule has 0 radical (unpaired) electrons. The highest BCUT2D eigenvalue weighted by Gasteiger charge is 2.35. The fourth-order valence-electron chi connectivity index (χ4n) is 2.85. The van der Waals surface area contributed by atoms with Gasteiger partial charge in [0.05, 0.1) is 4.99 Å². The van der Waals surface area contributed by atoms with Crippen molar-refractivity contribution >= 4 is 23.1 Å². The number of nitrogens with zero attached hydrogens (tertiary/aromatic N) is 1. The molecular weight excluding hydrogens is 244 g/mol. The highest BCUT2D eigenvalue weighted by molar-refractivity contribution is 7.80. The number of thiocarbonyl (C=S) groups is 1. The Morgan fingerprint density at radius 1 is 1.11 bits per heavy atom. The molecule has 3 nitrogen and oxygen atoms in total. The molecule has 4 heteroatoms. The van der Waals surface area contributed by atoms with Crippen LogP contribution in [0.1, 0.15) is 57.8 Å². The van der Waals surface area contributed by atoms with E-state index >= 15 is 0 Å². The third kappa shape index (κ3) is 3.94. The maximum atomic E-state index is 12.6. The van der Waals surface area contributed by atoms with E-state index < -0.39 is 0 Å². The Morgan fingerprint density at radius 2 is 1.72 bits per heavy atom. The van der Waals surface area contributed by atoms with Crippen molar-refractivity contribution in [3.05, 3.63) is 0 Å². The monoisotopic (exact) mass is 268 g/mol. The summed E-state index contributed by atoms with van der Waals surface area (Å²) in [5.41, 5.74) is 5.56. The predicted molar refractivity (Wildman–Crippen MR) is 77.3 cm³/mol. The second-order valence-corrected chi connectivity index (χ2v) is 6.19. The Bertz CT molecular complexity index is 307. The van der Waals surface area contributed by atoms with E-state index in [9.17, 15) is 4.79 Å². The molecule has 0 aromatic heterocycles. The SMILES string of the molecule is NC(=S)CCN(C(=O)C1CCCCCC1)C1CC1. The fraction of sp³-hybridized carbons (Fsp3) is 0.857. The van der Waals surface area contributed by atoms with Crippen molar-refractivity contribution in [3.63, 3.8) is 0 Å². The lowest BCUT2D eigenvalue weighted by Crippen LogP contribution is -2.39. The molecule has 18 heavy (non-hydrogen) atoms. The van der Waals surface area contributed by atoms with Gasteiger partial charge in [-0.3, -0.25) is 4.79 Å². The molecule has 0 spiro atoms. The smallest absolute Gasteiger partial charge is 0.225 e. The minimum Gasteiger partial charge on any atom is -0.393 e. The zero-order valence-corrected chi connectivity index (χ0v) is 11.9. The summed E-state index contributed by atoms with van der Waals surface area (Å²) in [6, 6.07) is 0.482. The number of nitrogens with two attached hydrogens (primary N) is 1. The lowest BCUT2D eigenvalue weighted by molar-refractivity contribution is -0.136. The molecular formula is C14H24N2OS. The molecule has 0 aromatic rings. The molecule has 1 amide bonds. The van der Waals surface area contributed by atoms with Gasteiger partial charge in [-0.15, -0.1) is 0 Å². The van der Waals surface area contributed by atoms with Gasteiger partial charge >= 0.3 is 0 Å². The average molecular weight is 268 g/mol. The quantitative estimate of drug-likeness (QED) is 0.616. The highest BCUT2D eigenvalue weighted by Crippen LogP contribution is 2.31. The first kappa shape index (κ1) is 13.8. The minimum absolute atomic E-state index is 0.263. The molecule has 0 aromatic carbocycles. The highest BCUT2D eigenvalue weighted by atomic mass is 32.1. The third-order valence-corrected chi connectivity index (χ3v) is 4.28. The van der Waals surface area contributed by atoms with Gasteiger partial charge in [-0.2, -0.15) is 0 Å². The summed E-state index contributed by atoms with van der Waals surface area (Å²) < 4.78 is 0. The van der Waals surface area contributed by atoms with Crippen LogP contribution in [0, 0.1) is 5.92 Å². The number of hydrogen-bond acceptors (Lipinski definition) is 2. The fourth-order valence-corrected chi connectivity index (χ4v) is 2.94. The topological polar surface area (TPSA) is 46.3 Å². The van der Waals surface area contributed by atoms with Crippen LogP contribution in [-0.2, 0) is 4.79 Å². The van der Waals surface area contributed by atoms with Crippen molar-refractivity contribution in [3.8, 4) is 0 Å². The zero-order chi connectivity index (χ0) is 13.0. The number of rotatable bonds is 5. The van der Waals surface area contributed by atoms with Crippen LogP contribution < -0.4 is 5.73 Å². The molecule has 0 saturated heterocycles. The molecule has 2 aliphatic rings. The number of carbonyl (C=O) groups excluding carboxylic acids is 1. The van der Waals surface area contributed by atoms with E-state index in [2.05, 4.69) is 4.90 Å². The summed E-state index contributed by atoms with van der Waals surface area (Å²) in [4.78, 5) is 15.2. The van der Waals surface area contributed by atoms with Gasteiger partial charge in [0.2, 0.25) is 5.91 Å². The second-order valence-electron chi connectivity index (χ2n) is 5.67. The van der Waals surface area contributed by atoms with E-state index in [1.54, 1.807) is 0 Å². The Kier molecular flexibility index (Phi) is 4.98. The van der Waals surface area contributed by atoms with Crippen LogP contribution >= 0.6 is 12.2 Å². The van der Waals surface area contributed by atoms with Crippen LogP contribution in [0.4, 0.5) is 0 Å². The molecule has 0 aliphatic heterocycles. The molecule has 2 saturated carbocycles. The second kappa shape index (κ2) is 6.50. The molecule has 2 aliphatic carbocycles.